The van der Waals surface area contributed by atoms with Gasteiger partial charge < -0.3 is 20.2 Å². The Kier molecular flexibility index (Phi) is 3.97. The molecule has 1 amide bonds. The van der Waals surface area contributed by atoms with E-state index in [1.54, 1.807) is 37.2 Å². The van der Waals surface area contributed by atoms with Crippen LogP contribution in [0.5, 0.6) is 0 Å². The van der Waals surface area contributed by atoms with E-state index in [0.717, 1.165) is 0 Å². The van der Waals surface area contributed by atoms with E-state index >= 15 is 0 Å². The summed E-state index contributed by atoms with van der Waals surface area (Å²) in [6.45, 7) is 0. The van der Waals surface area contributed by atoms with Gasteiger partial charge in [0.05, 0.1) is 27.3 Å². The maximum atomic E-state index is 12.5. The van der Waals surface area contributed by atoms with E-state index in [1.807, 2.05) is 0 Å². The average Bonchev–Trinajstić information content (AvgIpc) is 2.92. The number of aromatic amines is 2. The third kappa shape index (κ3) is 3.07. The molecule has 3 aromatic rings. The van der Waals surface area contributed by atoms with E-state index in [2.05, 4.69) is 15.3 Å². The fraction of sp³-hybridized carbons (Fsp3) is 0.125. The van der Waals surface area contributed by atoms with Gasteiger partial charge in [-0.05, 0) is 18.2 Å². The van der Waals surface area contributed by atoms with Crippen LogP contribution in [0, 0.1) is 10.1 Å². The number of nitrogens with zero attached hydrogens (tertiary/aromatic N) is 2. The number of rotatable bonds is 4. The topological polar surface area (TPSA) is 124 Å². The van der Waals surface area contributed by atoms with Crippen LogP contribution in [0.25, 0.3) is 11.0 Å². The zero-order valence-corrected chi connectivity index (χ0v) is 13.5. The summed E-state index contributed by atoms with van der Waals surface area (Å²) in [4.78, 5) is 41.5. The summed E-state index contributed by atoms with van der Waals surface area (Å²) in [6, 6.07) is 9.03. The van der Waals surface area contributed by atoms with Crippen molar-refractivity contribution in [1.29, 1.82) is 0 Å². The van der Waals surface area contributed by atoms with Crippen LogP contribution in [0.3, 0.4) is 0 Å². The first kappa shape index (κ1) is 16.2. The molecule has 1 heterocycles. The van der Waals surface area contributed by atoms with Gasteiger partial charge in [-0.15, -0.1) is 0 Å². The standard InChI is InChI=1S/C16H15N5O4/c1-20(2)14-8-11-10(18-16(23)19-11)7-12(14)17-15(22)9-5-3-4-6-13(9)21(24)25/h3-8H,1-2H3,(H,17,22)(H2,18,19,23). The minimum Gasteiger partial charge on any atom is -0.376 e. The van der Waals surface area contributed by atoms with Crippen molar-refractivity contribution < 1.29 is 9.72 Å². The number of H-pyrrole nitrogens is 2. The fourth-order valence-electron chi connectivity index (χ4n) is 2.56. The van der Waals surface area contributed by atoms with Crippen molar-refractivity contribution in [2.24, 2.45) is 0 Å². The van der Waals surface area contributed by atoms with Crippen molar-refractivity contribution in [3.8, 4) is 0 Å². The summed E-state index contributed by atoms with van der Waals surface area (Å²) in [5.74, 6) is -0.604. The highest BCUT2D eigenvalue weighted by atomic mass is 16.6. The molecule has 0 spiro atoms. The Morgan fingerprint density at radius 2 is 1.80 bits per heavy atom. The number of fused-ring (bicyclic) bond motifs is 1. The lowest BCUT2D eigenvalue weighted by atomic mass is 10.1. The van der Waals surface area contributed by atoms with Gasteiger partial charge in [0.25, 0.3) is 11.6 Å². The largest absolute Gasteiger partial charge is 0.376 e. The Morgan fingerprint density at radius 3 is 2.44 bits per heavy atom. The van der Waals surface area contributed by atoms with E-state index < -0.39 is 10.8 Å². The van der Waals surface area contributed by atoms with Crippen LogP contribution < -0.4 is 15.9 Å². The lowest BCUT2D eigenvalue weighted by Crippen LogP contribution is -2.17. The molecule has 3 N–H and O–H groups in total. The van der Waals surface area contributed by atoms with E-state index in [0.29, 0.717) is 22.4 Å². The molecule has 2 aromatic carbocycles. The highest BCUT2D eigenvalue weighted by molar-refractivity contribution is 6.09. The third-order valence-electron chi connectivity index (χ3n) is 3.71. The molecule has 0 fully saturated rings. The maximum Gasteiger partial charge on any atom is 0.323 e. The van der Waals surface area contributed by atoms with Gasteiger partial charge in [0.1, 0.15) is 5.56 Å². The Bertz CT molecular complexity index is 1030. The second kappa shape index (κ2) is 6.11. The number of nitro groups is 1. The number of imidazole rings is 1. The first-order valence-electron chi connectivity index (χ1n) is 7.35. The quantitative estimate of drug-likeness (QED) is 0.495. The van der Waals surface area contributed by atoms with Crippen molar-refractivity contribution in [2.45, 2.75) is 0 Å². The molecule has 9 nitrogen and oxygen atoms in total. The molecule has 0 atom stereocenters. The number of hydrogen-bond donors (Lipinski definition) is 3. The van der Waals surface area contributed by atoms with Crippen LogP contribution >= 0.6 is 0 Å². The Hall–Kier alpha value is -3.62. The molecular formula is C16H15N5O4. The number of carbonyl (C=O) groups excluding carboxylic acids is 1. The fourth-order valence-corrected chi connectivity index (χ4v) is 2.56. The zero-order valence-electron chi connectivity index (χ0n) is 13.5. The number of carbonyl (C=O) groups is 1. The molecule has 0 radical (unpaired) electrons. The number of nitro benzene ring substituents is 1. The minimum absolute atomic E-state index is 0.0418. The number of amides is 1. The molecule has 0 saturated heterocycles. The zero-order chi connectivity index (χ0) is 18.1. The van der Waals surface area contributed by atoms with Gasteiger partial charge in [-0.25, -0.2) is 4.79 Å². The SMILES string of the molecule is CN(C)c1cc2[nH]c(=O)[nH]c2cc1NC(=O)c1ccccc1[N+](=O)[O-]. The highest BCUT2D eigenvalue weighted by Gasteiger charge is 2.20. The number of aromatic nitrogens is 2. The van der Waals surface area contributed by atoms with Gasteiger partial charge >= 0.3 is 5.69 Å². The average molecular weight is 341 g/mol. The summed E-state index contributed by atoms with van der Waals surface area (Å²) < 4.78 is 0. The van der Waals surface area contributed by atoms with Gasteiger partial charge in [-0.3, -0.25) is 14.9 Å². The predicted octanol–water partition coefficient (Wildman–Crippen LogP) is 2.08. The van der Waals surface area contributed by atoms with Crippen molar-refractivity contribution in [3.05, 3.63) is 62.6 Å². The van der Waals surface area contributed by atoms with E-state index in [4.69, 9.17) is 0 Å². The van der Waals surface area contributed by atoms with Crippen molar-refractivity contribution >= 4 is 34.0 Å². The molecule has 0 aliphatic carbocycles. The highest BCUT2D eigenvalue weighted by Crippen LogP contribution is 2.29. The molecule has 0 unspecified atom stereocenters. The van der Waals surface area contributed by atoms with E-state index in [1.165, 1.54) is 18.2 Å². The van der Waals surface area contributed by atoms with Gasteiger partial charge in [-0.2, -0.15) is 0 Å². The second-order valence-electron chi connectivity index (χ2n) is 5.62. The van der Waals surface area contributed by atoms with Crippen molar-refractivity contribution in [1.82, 2.24) is 9.97 Å². The summed E-state index contributed by atoms with van der Waals surface area (Å²) in [6.07, 6.45) is 0. The smallest absolute Gasteiger partial charge is 0.323 e. The molecule has 0 aliphatic heterocycles. The number of para-hydroxylation sites is 1. The van der Waals surface area contributed by atoms with Crippen LogP contribution in [0.4, 0.5) is 17.1 Å². The van der Waals surface area contributed by atoms with Gasteiger partial charge in [-0.1, -0.05) is 12.1 Å². The lowest BCUT2D eigenvalue weighted by Gasteiger charge is -2.18. The molecule has 25 heavy (non-hydrogen) atoms. The molecule has 0 aliphatic rings. The summed E-state index contributed by atoms with van der Waals surface area (Å²) in [5.41, 5.74) is 1.51. The van der Waals surface area contributed by atoms with Gasteiger partial charge in [0, 0.05) is 20.2 Å². The van der Waals surface area contributed by atoms with Crippen LogP contribution in [0.15, 0.2) is 41.2 Å². The van der Waals surface area contributed by atoms with Crippen LogP contribution in [0.2, 0.25) is 0 Å². The predicted molar refractivity (Wildman–Crippen MR) is 94.3 cm³/mol. The van der Waals surface area contributed by atoms with Crippen LogP contribution in [0.1, 0.15) is 10.4 Å². The Labute approximate surface area is 141 Å². The molecule has 0 saturated carbocycles. The van der Waals surface area contributed by atoms with Gasteiger partial charge in [0.2, 0.25) is 0 Å². The van der Waals surface area contributed by atoms with E-state index in [9.17, 15) is 19.7 Å². The van der Waals surface area contributed by atoms with Gasteiger partial charge in [0.15, 0.2) is 0 Å². The lowest BCUT2D eigenvalue weighted by molar-refractivity contribution is -0.385. The van der Waals surface area contributed by atoms with Crippen LogP contribution in [-0.2, 0) is 0 Å². The number of benzene rings is 2. The molecule has 1 aromatic heterocycles. The maximum absolute atomic E-state index is 12.5. The molecule has 3 rings (SSSR count). The third-order valence-corrected chi connectivity index (χ3v) is 3.71. The number of anilines is 2. The summed E-state index contributed by atoms with van der Waals surface area (Å²) in [5, 5.41) is 13.8. The monoisotopic (exact) mass is 341 g/mol. The normalized spacial score (nSPS) is 10.6. The summed E-state index contributed by atoms with van der Waals surface area (Å²) in [7, 11) is 3.57. The molecule has 9 heteroatoms. The first-order valence-corrected chi connectivity index (χ1v) is 7.35. The minimum atomic E-state index is -0.604. The molecular weight excluding hydrogens is 326 g/mol. The molecule has 0 bridgehead atoms. The second-order valence-corrected chi connectivity index (χ2v) is 5.62. The number of hydrogen-bond acceptors (Lipinski definition) is 5. The Morgan fingerprint density at radius 1 is 1.16 bits per heavy atom. The van der Waals surface area contributed by atoms with Crippen molar-refractivity contribution in [3.63, 3.8) is 0 Å². The number of nitrogens with one attached hydrogen (secondary N) is 3. The summed E-state index contributed by atoms with van der Waals surface area (Å²) >= 11 is 0. The molecule has 128 valence electrons. The Balaban J connectivity index is 2.05. The first-order chi connectivity index (χ1) is 11.9. The van der Waals surface area contributed by atoms with Crippen molar-refractivity contribution in [2.75, 3.05) is 24.3 Å². The van der Waals surface area contributed by atoms with Crippen LogP contribution in [-0.4, -0.2) is 34.9 Å². The van der Waals surface area contributed by atoms with E-state index in [-0.39, 0.29) is 16.9 Å².